The molecule has 2 heterocycles. The smallest absolute Gasteiger partial charge is 0.135 e. The molecule has 0 spiro atoms. The Morgan fingerprint density at radius 2 is 1.87 bits per heavy atom. The maximum absolute atomic E-state index is 6.25. The molecule has 0 unspecified atom stereocenters. The predicted octanol–water partition coefficient (Wildman–Crippen LogP) is 5.13. The normalized spacial score (nSPS) is 11.8. The second kappa shape index (κ2) is 8.92. The molecule has 31 heavy (non-hydrogen) atoms. The SMILES string of the molecule is COc1cccc(Cc2c(N)ncnc2N[C@@H](C)c2[nH]c(C)cc2-c2ccccc2)c1. The molecule has 1 atom stereocenters. The van der Waals surface area contributed by atoms with Gasteiger partial charge in [0.05, 0.1) is 13.2 Å². The third-order valence-electron chi connectivity index (χ3n) is 5.35. The van der Waals surface area contributed by atoms with Gasteiger partial charge in [-0.15, -0.1) is 0 Å². The van der Waals surface area contributed by atoms with Crippen LogP contribution >= 0.6 is 0 Å². The van der Waals surface area contributed by atoms with Gasteiger partial charge in [-0.05, 0) is 43.2 Å². The van der Waals surface area contributed by atoms with Gasteiger partial charge in [0.2, 0.25) is 0 Å². The summed E-state index contributed by atoms with van der Waals surface area (Å²) in [7, 11) is 1.66. The maximum atomic E-state index is 6.25. The van der Waals surface area contributed by atoms with Crippen LogP contribution in [0.3, 0.4) is 0 Å². The fourth-order valence-corrected chi connectivity index (χ4v) is 3.80. The largest absolute Gasteiger partial charge is 0.497 e. The molecule has 0 amide bonds. The highest BCUT2D eigenvalue weighted by molar-refractivity contribution is 5.68. The Morgan fingerprint density at radius 1 is 1.06 bits per heavy atom. The number of nitrogens with one attached hydrogen (secondary N) is 2. The van der Waals surface area contributed by atoms with E-state index in [1.807, 2.05) is 30.3 Å². The molecule has 6 heteroatoms. The fraction of sp³-hybridized carbons (Fsp3) is 0.200. The zero-order valence-corrected chi connectivity index (χ0v) is 18.0. The summed E-state index contributed by atoms with van der Waals surface area (Å²) in [6, 6.07) is 20.5. The van der Waals surface area contributed by atoms with Crippen molar-refractivity contribution in [3.8, 4) is 16.9 Å². The molecule has 0 aliphatic heterocycles. The van der Waals surface area contributed by atoms with Gasteiger partial charge in [-0.2, -0.15) is 0 Å². The van der Waals surface area contributed by atoms with Gasteiger partial charge in [-0.25, -0.2) is 9.97 Å². The number of H-pyrrole nitrogens is 1. The summed E-state index contributed by atoms with van der Waals surface area (Å²) in [5.74, 6) is 2.01. The minimum atomic E-state index is -0.0118. The number of benzene rings is 2. The zero-order valence-electron chi connectivity index (χ0n) is 18.0. The quantitative estimate of drug-likeness (QED) is 0.391. The second-order valence-electron chi connectivity index (χ2n) is 7.63. The minimum Gasteiger partial charge on any atom is -0.497 e. The summed E-state index contributed by atoms with van der Waals surface area (Å²) in [6.07, 6.45) is 2.10. The zero-order chi connectivity index (χ0) is 21.8. The Balaban J connectivity index is 1.64. The number of nitrogens with zero attached hydrogens (tertiary/aromatic N) is 2. The van der Waals surface area contributed by atoms with Crippen molar-refractivity contribution in [2.75, 3.05) is 18.2 Å². The summed E-state index contributed by atoms with van der Waals surface area (Å²) in [5, 5.41) is 3.55. The molecule has 4 N–H and O–H groups in total. The molecule has 0 aliphatic rings. The van der Waals surface area contributed by atoms with Gasteiger partial charge in [0.15, 0.2) is 0 Å². The summed E-state index contributed by atoms with van der Waals surface area (Å²) < 4.78 is 5.35. The second-order valence-corrected chi connectivity index (χ2v) is 7.63. The number of anilines is 2. The van der Waals surface area contributed by atoms with E-state index in [1.165, 1.54) is 17.5 Å². The van der Waals surface area contributed by atoms with Crippen molar-refractivity contribution in [2.45, 2.75) is 26.3 Å². The molecule has 0 saturated carbocycles. The van der Waals surface area contributed by atoms with Crippen molar-refractivity contribution in [3.05, 3.63) is 89.5 Å². The fourth-order valence-electron chi connectivity index (χ4n) is 3.80. The lowest BCUT2D eigenvalue weighted by Gasteiger charge is -2.19. The van der Waals surface area contributed by atoms with Crippen LogP contribution < -0.4 is 15.8 Å². The van der Waals surface area contributed by atoms with Crippen LogP contribution in [0.5, 0.6) is 5.75 Å². The number of nitrogens with two attached hydrogens (primary N) is 1. The number of nitrogen functional groups attached to an aromatic ring is 1. The monoisotopic (exact) mass is 413 g/mol. The first-order chi connectivity index (χ1) is 15.0. The van der Waals surface area contributed by atoms with E-state index in [1.54, 1.807) is 7.11 Å². The summed E-state index contributed by atoms with van der Waals surface area (Å²) in [4.78, 5) is 12.2. The standard InChI is InChI=1S/C25H27N5O/c1-16-12-21(19-9-5-4-6-10-19)23(29-16)17(2)30-25-22(24(26)27-15-28-25)14-18-8-7-11-20(13-18)31-3/h4-13,15,17,29H,14H2,1-3H3,(H3,26,27,28,30)/t17-/m0/s1. The molecule has 4 aromatic rings. The number of hydrogen-bond donors (Lipinski definition) is 3. The molecule has 6 nitrogen and oxygen atoms in total. The third-order valence-corrected chi connectivity index (χ3v) is 5.35. The first kappa shape index (κ1) is 20.5. The van der Waals surface area contributed by atoms with Crippen LogP contribution in [0.25, 0.3) is 11.1 Å². The van der Waals surface area contributed by atoms with Gasteiger partial charge in [0.1, 0.15) is 23.7 Å². The molecule has 0 radical (unpaired) electrons. The van der Waals surface area contributed by atoms with Gasteiger partial charge in [-0.1, -0.05) is 42.5 Å². The molecular formula is C25H27N5O. The summed E-state index contributed by atoms with van der Waals surface area (Å²) in [5.41, 5.74) is 12.8. The molecule has 158 valence electrons. The highest BCUT2D eigenvalue weighted by Gasteiger charge is 2.18. The Bertz CT molecular complexity index is 1170. The Morgan fingerprint density at radius 3 is 2.65 bits per heavy atom. The third kappa shape index (κ3) is 4.53. The Hall–Kier alpha value is -3.80. The van der Waals surface area contributed by atoms with Gasteiger partial charge < -0.3 is 20.8 Å². The first-order valence-corrected chi connectivity index (χ1v) is 10.3. The number of aryl methyl sites for hydroxylation is 1. The molecule has 4 rings (SSSR count). The van der Waals surface area contributed by atoms with Gasteiger partial charge in [0.25, 0.3) is 0 Å². The van der Waals surface area contributed by atoms with E-state index >= 15 is 0 Å². The van der Waals surface area contributed by atoms with E-state index in [9.17, 15) is 0 Å². The first-order valence-electron chi connectivity index (χ1n) is 10.3. The van der Waals surface area contributed by atoms with Crippen molar-refractivity contribution in [1.82, 2.24) is 15.0 Å². The van der Waals surface area contributed by atoms with Crippen molar-refractivity contribution >= 4 is 11.6 Å². The number of hydrogen-bond acceptors (Lipinski definition) is 5. The molecule has 0 bridgehead atoms. The average molecular weight is 414 g/mol. The Kier molecular flexibility index (Phi) is 5.89. The van der Waals surface area contributed by atoms with Gasteiger partial charge in [-0.3, -0.25) is 0 Å². The molecule has 2 aromatic heterocycles. The van der Waals surface area contributed by atoms with Crippen LogP contribution in [0, 0.1) is 6.92 Å². The molecular weight excluding hydrogens is 386 g/mol. The van der Waals surface area contributed by atoms with E-state index in [4.69, 9.17) is 10.5 Å². The van der Waals surface area contributed by atoms with Crippen LogP contribution in [-0.2, 0) is 6.42 Å². The van der Waals surface area contributed by atoms with E-state index in [0.717, 1.165) is 34.1 Å². The number of rotatable bonds is 7. The average Bonchev–Trinajstić information content (AvgIpc) is 3.19. The van der Waals surface area contributed by atoms with Crippen molar-refractivity contribution in [2.24, 2.45) is 0 Å². The summed E-state index contributed by atoms with van der Waals surface area (Å²) >= 11 is 0. The van der Waals surface area contributed by atoms with Crippen LogP contribution in [0.4, 0.5) is 11.6 Å². The number of aromatic amines is 1. The highest BCUT2D eigenvalue weighted by Crippen LogP contribution is 2.32. The lowest BCUT2D eigenvalue weighted by atomic mass is 10.0. The van der Waals surface area contributed by atoms with Crippen molar-refractivity contribution < 1.29 is 4.74 Å². The van der Waals surface area contributed by atoms with Crippen LogP contribution in [-0.4, -0.2) is 22.1 Å². The number of methoxy groups -OCH3 is 1. The predicted molar refractivity (Wildman–Crippen MR) is 125 cm³/mol. The summed E-state index contributed by atoms with van der Waals surface area (Å²) in [6.45, 7) is 4.19. The lowest BCUT2D eigenvalue weighted by molar-refractivity contribution is 0.414. The van der Waals surface area contributed by atoms with E-state index in [0.29, 0.717) is 12.2 Å². The van der Waals surface area contributed by atoms with E-state index in [2.05, 4.69) is 64.4 Å². The van der Waals surface area contributed by atoms with Crippen LogP contribution in [0.2, 0.25) is 0 Å². The van der Waals surface area contributed by atoms with Crippen LogP contribution in [0.15, 0.2) is 67.0 Å². The van der Waals surface area contributed by atoms with Crippen LogP contribution in [0.1, 0.15) is 35.5 Å². The van der Waals surface area contributed by atoms with Gasteiger partial charge >= 0.3 is 0 Å². The number of aromatic nitrogens is 3. The van der Waals surface area contributed by atoms with Crippen molar-refractivity contribution in [3.63, 3.8) is 0 Å². The maximum Gasteiger partial charge on any atom is 0.135 e. The molecule has 0 aliphatic carbocycles. The lowest BCUT2D eigenvalue weighted by Crippen LogP contribution is -2.13. The minimum absolute atomic E-state index is 0.0118. The van der Waals surface area contributed by atoms with Gasteiger partial charge in [0, 0.05) is 28.9 Å². The van der Waals surface area contributed by atoms with E-state index < -0.39 is 0 Å². The van der Waals surface area contributed by atoms with E-state index in [-0.39, 0.29) is 6.04 Å². The Labute approximate surface area is 182 Å². The molecule has 0 fully saturated rings. The highest BCUT2D eigenvalue weighted by atomic mass is 16.5. The molecule has 2 aromatic carbocycles. The number of ether oxygens (including phenoxy) is 1. The van der Waals surface area contributed by atoms with Crippen molar-refractivity contribution in [1.29, 1.82) is 0 Å². The topological polar surface area (TPSA) is 88.8 Å². The molecule has 0 saturated heterocycles.